The van der Waals surface area contributed by atoms with Gasteiger partial charge >= 0.3 is 6.03 Å². The molecule has 0 spiro atoms. The quantitative estimate of drug-likeness (QED) is 0.895. The Morgan fingerprint density at radius 2 is 2.25 bits per heavy atom. The van der Waals surface area contributed by atoms with Gasteiger partial charge in [0.15, 0.2) is 5.60 Å². The number of halogens is 2. The van der Waals surface area contributed by atoms with E-state index in [0.717, 1.165) is 23.9 Å². The molecule has 0 radical (unpaired) electrons. The van der Waals surface area contributed by atoms with Crippen molar-refractivity contribution >= 4 is 17.4 Å². The lowest BCUT2D eigenvalue weighted by Crippen LogP contribution is -2.42. The Hall–Kier alpha value is -2.18. The van der Waals surface area contributed by atoms with Gasteiger partial charge in [0.05, 0.1) is 17.9 Å². The molecule has 1 aliphatic heterocycles. The second kappa shape index (κ2) is 5.44. The largest absolute Gasteiger partial charge is 0.387 e. The van der Waals surface area contributed by atoms with E-state index >= 15 is 0 Å². The van der Waals surface area contributed by atoms with Crippen LogP contribution in [-0.2, 0) is 4.84 Å². The molecule has 1 aromatic carbocycles. The van der Waals surface area contributed by atoms with Crippen LogP contribution in [0.2, 0.25) is 0 Å². The van der Waals surface area contributed by atoms with Crippen LogP contribution >= 0.6 is 0 Å². The Balaban J connectivity index is 1.88. The monoisotopic (exact) mass is 283 g/mol. The van der Waals surface area contributed by atoms with Crippen LogP contribution in [0.1, 0.15) is 20.3 Å². The van der Waals surface area contributed by atoms with Crippen molar-refractivity contribution in [2.75, 3.05) is 11.9 Å². The average Bonchev–Trinajstić information content (AvgIpc) is 2.72. The predicted molar refractivity (Wildman–Crippen MR) is 70.6 cm³/mol. The topological polar surface area (TPSA) is 62.7 Å². The Morgan fingerprint density at radius 3 is 2.90 bits per heavy atom. The molecule has 1 aromatic rings. The molecular formula is C13H15F2N3O2. The van der Waals surface area contributed by atoms with E-state index < -0.39 is 23.3 Å². The number of amides is 2. The third kappa shape index (κ3) is 3.43. The molecule has 20 heavy (non-hydrogen) atoms. The van der Waals surface area contributed by atoms with Crippen LogP contribution in [0, 0.1) is 11.6 Å². The van der Waals surface area contributed by atoms with Crippen molar-refractivity contribution in [2.24, 2.45) is 5.16 Å². The minimum atomic E-state index is -0.705. The van der Waals surface area contributed by atoms with Crippen LogP contribution in [0.15, 0.2) is 23.4 Å². The minimum Gasteiger partial charge on any atom is -0.387 e. The summed E-state index contributed by atoms with van der Waals surface area (Å²) in [4.78, 5) is 16.9. The average molecular weight is 283 g/mol. The molecule has 0 fully saturated rings. The molecule has 108 valence electrons. The molecule has 2 rings (SSSR count). The van der Waals surface area contributed by atoms with Crippen molar-refractivity contribution in [3.63, 3.8) is 0 Å². The highest BCUT2D eigenvalue weighted by Crippen LogP contribution is 2.22. The SMILES string of the molecule is CC1=NO[C@@](C)(CNC(=O)Nc2cc(F)ccc2F)C1. The standard InChI is InChI=1S/C13H15F2N3O2/c1-8-6-13(2,20-18-8)7-16-12(19)17-11-5-9(14)3-4-10(11)15/h3-5H,6-7H2,1-2H3,(H2,16,17,19)/t13-/m1/s1. The van der Waals surface area contributed by atoms with E-state index in [0.29, 0.717) is 6.42 Å². The highest BCUT2D eigenvalue weighted by molar-refractivity contribution is 5.89. The van der Waals surface area contributed by atoms with Gasteiger partial charge in [0.2, 0.25) is 0 Å². The van der Waals surface area contributed by atoms with Gasteiger partial charge in [-0.3, -0.25) is 0 Å². The third-order valence-electron chi connectivity index (χ3n) is 2.85. The Morgan fingerprint density at radius 1 is 1.50 bits per heavy atom. The van der Waals surface area contributed by atoms with Gasteiger partial charge in [-0.05, 0) is 26.0 Å². The van der Waals surface area contributed by atoms with Gasteiger partial charge in [0.1, 0.15) is 11.6 Å². The van der Waals surface area contributed by atoms with Crippen LogP contribution in [0.5, 0.6) is 0 Å². The van der Waals surface area contributed by atoms with E-state index in [-0.39, 0.29) is 12.2 Å². The van der Waals surface area contributed by atoms with E-state index in [9.17, 15) is 13.6 Å². The van der Waals surface area contributed by atoms with Gasteiger partial charge in [-0.1, -0.05) is 5.16 Å². The molecule has 1 heterocycles. The maximum absolute atomic E-state index is 13.3. The molecule has 5 nitrogen and oxygen atoms in total. The summed E-state index contributed by atoms with van der Waals surface area (Å²) in [5.41, 5.74) is 0.0142. The van der Waals surface area contributed by atoms with Gasteiger partial charge in [-0.2, -0.15) is 0 Å². The summed E-state index contributed by atoms with van der Waals surface area (Å²) in [6.07, 6.45) is 0.599. The zero-order chi connectivity index (χ0) is 14.8. The molecule has 2 N–H and O–H groups in total. The van der Waals surface area contributed by atoms with Gasteiger partial charge in [0.25, 0.3) is 0 Å². The first-order chi connectivity index (χ1) is 9.38. The lowest BCUT2D eigenvalue weighted by atomic mass is 10.0. The molecular weight excluding hydrogens is 268 g/mol. The molecule has 2 amide bonds. The smallest absolute Gasteiger partial charge is 0.319 e. The van der Waals surface area contributed by atoms with E-state index in [1.54, 1.807) is 6.92 Å². The van der Waals surface area contributed by atoms with Gasteiger partial charge in [-0.15, -0.1) is 0 Å². The molecule has 0 unspecified atom stereocenters. The molecule has 0 saturated heterocycles. The van der Waals surface area contributed by atoms with Crippen LogP contribution in [0.25, 0.3) is 0 Å². The maximum Gasteiger partial charge on any atom is 0.319 e. The number of hydrogen-bond donors (Lipinski definition) is 2. The van der Waals surface area contributed by atoms with Crippen molar-refractivity contribution in [1.82, 2.24) is 5.32 Å². The fraction of sp³-hybridized carbons (Fsp3) is 0.385. The lowest BCUT2D eigenvalue weighted by Gasteiger charge is -2.21. The number of benzene rings is 1. The summed E-state index contributed by atoms with van der Waals surface area (Å²) in [5.74, 6) is -1.33. The zero-order valence-corrected chi connectivity index (χ0v) is 11.2. The van der Waals surface area contributed by atoms with Crippen LogP contribution < -0.4 is 10.6 Å². The molecule has 0 aliphatic carbocycles. The minimum absolute atomic E-state index is 0.205. The summed E-state index contributed by atoms with van der Waals surface area (Å²) < 4.78 is 26.3. The van der Waals surface area contributed by atoms with E-state index in [1.807, 2.05) is 6.92 Å². The van der Waals surface area contributed by atoms with E-state index in [2.05, 4.69) is 15.8 Å². The molecule has 0 bridgehead atoms. The first kappa shape index (κ1) is 14.2. The Kier molecular flexibility index (Phi) is 3.87. The number of urea groups is 1. The normalized spacial score (nSPS) is 21.1. The van der Waals surface area contributed by atoms with Crippen molar-refractivity contribution in [3.8, 4) is 0 Å². The van der Waals surface area contributed by atoms with E-state index in [4.69, 9.17) is 4.84 Å². The zero-order valence-electron chi connectivity index (χ0n) is 11.2. The summed E-state index contributed by atoms with van der Waals surface area (Å²) in [7, 11) is 0. The second-order valence-electron chi connectivity index (χ2n) is 4.98. The van der Waals surface area contributed by atoms with Crippen molar-refractivity contribution in [1.29, 1.82) is 0 Å². The summed E-state index contributed by atoms with van der Waals surface area (Å²) >= 11 is 0. The lowest BCUT2D eigenvalue weighted by molar-refractivity contribution is -0.0000970. The molecule has 1 aliphatic rings. The Labute approximate surface area is 115 Å². The third-order valence-corrected chi connectivity index (χ3v) is 2.85. The highest BCUT2D eigenvalue weighted by Gasteiger charge is 2.32. The van der Waals surface area contributed by atoms with Crippen LogP contribution in [0.4, 0.5) is 19.3 Å². The molecule has 0 aromatic heterocycles. The van der Waals surface area contributed by atoms with E-state index in [1.165, 1.54) is 0 Å². The number of rotatable bonds is 3. The maximum atomic E-state index is 13.3. The van der Waals surface area contributed by atoms with Crippen molar-refractivity contribution in [2.45, 2.75) is 25.9 Å². The van der Waals surface area contributed by atoms with Gasteiger partial charge < -0.3 is 15.5 Å². The van der Waals surface area contributed by atoms with Gasteiger partial charge in [0, 0.05) is 12.5 Å². The second-order valence-corrected chi connectivity index (χ2v) is 4.98. The predicted octanol–water partition coefficient (Wildman–Crippen LogP) is 2.64. The summed E-state index contributed by atoms with van der Waals surface area (Å²) in [6.45, 7) is 3.83. The number of anilines is 1. The fourth-order valence-electron chi connectivity index (χ4n) is 1.92. The number of hydrogen-bond acceptors (Lipinski definition) is 3. The number of oxime groups is 1. The number of nitrogens with zero attached hydrogens (tertiary/aromatic N) is 1. The molecule has 7 heteroatoms. The fourth-order valence-corrected chi connectivity index (χ4v) is 1.92. The first-order valence-corrected chi connectivity index (χ1v) is 6.09. The molecule has 0 saturated carbocycles. The first-order valence-electron chi connectivity index (χ1n) is 6.09. The van der Waals surface area contributed by atoms with Crippen LogP contribution in [-0.4, -0.2) is 23.9 Å². The van der Waals surface area contributed by atoms with Gasteiger partial charge in [-0.25, -0.2) is 13.6 Å². The van der Waals surface area contributed by atoms with Crippen LogP contribution in [0.3, 0.4) is 0 Å². The number of carbonyl (C=O) groups excluding carboxylic acids is 1. The highest BCUT2D eigenvalue weighted by atomic mass is 19.1. The summed E-state index contributed by atoms with van der Waals surface area (Å²) in [6, 6.07) is 2.20. The number of nitrogens with one attached hydrogen (secondary N) is 2. The van der Waals surface area contributed by atoms with Crippen molar-refractivity contribution < 1.29 is 18.4 Å². The van der Waals surface area contributed by atoms with Crippen molar-refractivity contribution in [3.05, 3.63) is 29.8 Å². The molecule has 1 atom stereocenters. The summed E-state index contributed by atoms with van der Waals surface area (Å²) in [5, 5.41) is 8.60. The number of carbonyl (C=O) groups is 1. The Bertz CT molecular complexity index is 563.